The van der Waals surface area contributed by atoms with Crippen LogP contribution >= 0.6 is 11.3 Å². The van der Waals surface area contributed by atoms with E-state index in [0.29, 0.717) is 16.4 Å². The van der Waals surface area contributed by atoms with Crippen LogP contribution in [0.5, 0.6) is 0 Å². The van der Waals surface area contributed by atoms with Crippen molar-refractivity contribution in [1.82, 2.24) is 10.2 Å². The first-order chi connectivity index (χ1) is 13.8. The number of hydrogen-bond acceptors (Lipinski definition) is 4. The Morgan fingerprint density at radius 2 is 1.97 bits per heavy atom. The van der Waals surface area contributed by atoms with Gasteiger partial charge in [0.2, 0.25) is 0 Å². The molecule has 9 heteroatoms. The lowest BCUT2D eigenvalue weighted by Gasteiger charge is -2.30. The molecule has 1 aromatic carbocycles. The summed E-state index contributed by atoms with van der Waals surface area (Å²) in [5, 5.41) is 4.95. The number of benzene rings is 1. The standard InChI is InChI=1S/C20H20F3N3O2S/c21-20(22,23)19(28)25-14-3-1-2-13(9-14)16-4-5-17(29-16)18(27)24-15-8-12-6-7-26(10-12)11-15/h1-5,9,12,15H,6-8,10-11H2,(H,24,27)(H,25,28)/t12?,15-/m1/s1. The summed E-state index contributed by atoms with van der Waals surface area (Å²) in [7, 11) is 0. The Bertz CT molecular complexity index is 916. The maximum absolute atomic E-state index is 12.6. The predicted molar refractivity (Wildman–Crippen MR) is 105 cm³/mol. The number of fused-ring (bicyclic) bond motifs is 2. The van der Waals surface area contributed by atoms with Crippen LogP contribution in [0.2, 0.25) is 0 Å². The lowest BCUT2D eigenvalue weighted by atomic mass is 9.97. The van der Waals surface area contributed by atoms with E-state index in [9.17, 15) is 22.8 Å². The van der Waals surface area contributed by atoms with Gasteiger partial charge in [0.15, 0.2) is 0 Å². The Morgan fingerprint density at radius 1 is 1.14 bits per heavy atom. The van der Waals surface area contributed by atoms with Crippen molar-refractivity contribution in [3.05, 3.63) is 41.3 Å². The van der Waals surface area contributed by atoms with Crippen LogP contribution in [-0.2, 0) is 4.79 Å². The second kappa shape index (κ2) is 7.79. The Balaban J connectivity index is 1.43. The molecule has 0 spiro atoms. The van der Waals surface area contributed by atoms with Crippen molar-refractivity contribution in [2.24, 2.45) is 5.92 Å². The second-order valence-corrected chi connectivity index (χ2v) is 8.60. The van der Waals surface area contributed by atoms with Crippen molar-refractivity contribution >= 4 is 28.8 Å². The molecule has 0 aliphatic carbocycles. The number of nitrogens with zero attached hydrogens (tertiary/aromatic N) is 1. The fourth-order valence-electron chi connectivity index (χ4n) is 3.99. The highest BCUT2D eigenvalue weighted by molar-refractivity contribution is 7.17. The van der Waals surface area contributed by atoms with Crippen LogP contribution in [0.25, 0.3) is 10.4 Å². The van der Waals surface area contributed by atoms with E-state index in [1.54, 1.807) is 24.3 Å². The second-order valence-electron chi connectivity index (χ2n) is 7.52. The zero-order chi connectivity index (χ0) is 20.6. The highest BCUT2D eigenvalue weighted by atomic mass is 32.1. The monoisotopic (exact) mass is 423 g/mol. The van der Waals surface area contributed by atoms with Gasteiger partial charge in [-0.05, 0) is 55.1 Å². The molecule has 3 heterocycles. The number of nitrogens with one attached hydrogen (secondary N) is 2. The summed E-state index contributed by atoms with van der Waals surface area (Å²) in [5.74, 6) is -1.49. The number of amides is 2. The highest BCUT2D eigenvalue weighted by Crippen LogP contribution is 2.31. The molecule has 2 saturated heterocycles. The number of piperidine rings is 1. The van der Waals surface area contributed by atoms with Crippen LogP contribution in [0.3, 0.4) is 0 Å². The Morgan fingerprint density at radius 3 is 2.72 bits per heavy atom. The molecule has 2 aromatic rings. The highest BCUT2D eigenvalue weighted by Gasteiger charge is 2.38. The molecular formula is C20H20F3N3O2S. The maximum atomic E-state index is 12.6. The molecule has 4 rings (SSSR count). The third kappa shape index (κ3) is 4.62. The van der Waals surface area contributed by atoms with Crippen LogP contribution in [0, 0.1) is 5.92 Å². The molecule has 2 aliphatic rings. The molecule has 154 valence electrons. The van der Waals surface area contributed by atoms with Crippen molar-refractivity contribution in [2.45, 2.75) is 25.1 Å². The van der Waals surface area contributed by atoms with E-state index in [1.807, 2.05) is 5.32 Å². The predicted octanol–water partition coefficient (Wildman–Crippen LogP) is 3.74. The average Bonchev–Trinajstić information content (AvgIpc) is 3.28. The number of halogens is 3. The minimum absolute atomic E-state index is 0.0518. The third-order valence-electron chi connectivity index (χ3n) is 5.29. The van der Waals surface area contributed by atoms with Crippen LogP contribution in [0.4, 0.5) is 18.9 Å². The van der Waals surface area contributed by atoms with Gasteiger partial charge >= 0.3 is 12.1 Å². The Hall–Kier alpha value is -2.39. The molecule has 2 fully saturated rings. The summed E-state index contributed by atoms with van der Waals surface area (Å²) < 4.78 is 37.3. The fourth-order valence-corrected chi connectivity index (χ4v) is 4.89. The summed E-state index contributed by atoms with van der Waals surface area (Å²) in [5.41, 5.74) is 0.687. The third-order valence-corrected chi connectivity index (χ3v) is 6.43. The number of anilines is 1. The van der Waals surface area contributed by atoms with Gasteiger partial charge in [-0.15, -0.1) is 11.3 Å². The van der Waals surface area contributed by atoms with E-state index < -0.39 is 12.1 Å². The topological polar surface area (TPSA) is 61.4 Å². The van der Waals surface area contributed by atoms with Crippen LogP contribution in [0.1, 0.15) is 22.5 Å². The van der Waals surface area contributed by atoms with E-state index in [1.165, 1.54) is 29.9 Å². The van der Waals surface area contributed by atoms with E-state index in [-0.39, 0.29) is 17.6 Å². The molecule has 2 bridgehead atoms. The quantitative estimate of drug-likeness (QED) is 0.788. The van der Waals surface area contributed by atoms with Crippen LogP contribution in [0.15, 0.2) is 36.4 Å². The zero-order valence-electron chi connectivity index (χ0n) is 15.5. The number of rotatable bonds is 4. The number of thiophene rings is 1. The maximum Gasteiger partial charge on any atom is 0.471 e. The van der Waals surface area contributed by atoms with Gasteiger partial charge in [-0.25, -0.2) is 0 Å². The summed E-state index contributed by atoms with van der Waals surface area (Å²) >= 11 is 1.27. The van der Waals surface area contributed by atoms with Gasteiger partial charge in [0.05, 0.1) is 4.88 Å². The van der Waals surface area contributed by atoms with E-state index in [4.69, 9.17) is 0 Å². The lowest BCUT2D eigenvalue weighted by Crippen LogP contribution is -2.46. The molecule has 2 aliphatic heterocycles. The molecule has 0 saturated carbocycles. The average molecular weight is 423 g/mol. The van der Waals surface area contributed by atoms with Crippen molar-refractivity contribution in [1.29, 1.82) is 0 Å². The molecule has 2 amide bonds. The number of hydrogen-bond donors (Lipinski definition) is 2. The molecule has 3 atom stereocenters. The molecule has 2 unspecified atom stereocenters. The van der Waals surface area contributed by atoms with Gasteiger partial charge in [0, 0.05) is 29.7 Å². The summed E-state index contributed by atoms with van der Waals surface area (Å²) in [6, 6.07) is 9.77. The SMILES string of the molecule is O=C(N[C@@H]1CC2CCN(C2)C1)c1ccc(-c2cccc(NC(=O)C(F)(F)F)c2)s1. The van der Waals surface area contributed by atoms with Gasteiger partial charge in [0.1, 0.15) is 0 Å². The smallest absolute Gasteiger partial charge is 0.347 e. The van der Waals surface area contributed by atoms with Gasteiger partial charge in [-0.2, -0.15) is 13.2 Å². The number of carbonyl (C=O) groups excluding carboxylic acids is 2. The Labute approximate surface area is 169 Å². The van der Waals surface area contributed by atoms with Gasteiger partial charge in [-0.1, -0.05) is 12.1 Å². The van der Waals surface area contributed by atoms with Gasteiger partial charge < -0.3 is 15.5 Å². The van der Waals surface area contributed by atoms with E-state index >= 15 is 0 Å². The van der Waals surface area contributed by atoms with Crippen LogP contribution in [-0.4, -0.2) is 48.6 Å². The van der Waals surface area contributed by atoms with Gasteiger partial charge in [0.25, 0.3) is 5.91 Å². The molecule has 2 N–H and O–H groups in total. The molecular weight excluding hydrogens is 403 g/mol. The first-order valence-electron chi connectivity index (χ1n) is 9.39. The van der Waals surface area contributed by atoms with Crippen molar-refractivity contribution in [3.63, 3.8) is 0 Å². The zero-order valence-corrected chi connectivity index (χ0v) is 16.3. The molecule has 29 heavy (non-hydrogen) atoms. The molecule has 0 radical (unpaired) electrons. The first-order valence-corrected chi connectivity index (χ1v) is 10.2. The van der Waals surface area contributed by atoms with Crippen molar-refractivity contribution < 1.29 is 22.8 Å². The van der Waals surface area contributed by atoms with Crippen molar-refractivity contribution in [3.8, 4) is 10.4 Å². The molecule has 5 nitrogen and oxygen atoms in total. The summed E-state index contributed by atoms with van der Waals surface area (Å²) in [6.45, 7) is 3.10. The van der Waals surface area contributed by atoms with E-state index in [0.717, 1.165) is 30.9 Å². The summed E-state index contributed by atoms with van der Waals surface area (Å²) in [4.78, 5) is 27.4. The Kier molecular flexibility index (Phi) is 5.35. The molecule has 1 aromatic heterocycles. The number of alkyl halides is 3. The minimum atomic E-state index is -4.95. The van der Waals surface area contributed by atoms with E-state index in [2.05, 4.69) is 10.2 Å². The normalized spacial score (nSPS) is 23.6. The fraction of sp³-hybridized carbons (Fsp3) is 0.400. The lowest BCUT2D eigenvalue weighted by molar-refractivity contribution is -0.167. The summed E-state index contributed by atoms with van der Waals surface area (Å²) in [6.07, 6.45) is -2.75. The minimum Gasteiger partial charge on any atom is -0.347 e. The van der Waals surface area contributed by atoms with Crippen LogP contribution < -0.4 is 10.6 Å². The van der Waals surface area contributed by atoms with Gasteiger partial charge in [-0.3, -0.25) is 9.59 Å². The van der Waals surface area contributed by atoms with Crippen molar-refractivity contribution in [2.75, 3.05) is 25.0 Å². The largest absolute Gasteiger partial charge is 0.471 e. The number of carbonyl (C=O) groups is 2. The first kappa shape index (κ1) is 19.9.